The molecule has 0 aromatic heterocycles. The van der Waals surface area contributed by atoms with Gasteiger partial charge in [-0.05, 0) is 30.2 Å². The van der Waals surface area contributed by atoms with Crippen LogP contribution in [0.2, 0.25) is 0 Å². The highest BCUT2D eigenvalue weighted by Gasteiger charge is 2.06. The first kappa shape index (κ1) is 15.6. The van der Waals surface area contributed by atoms with Crippen LogP contribution in [0.5, 0.6) is 5.75 Å². The van der Waals surface area contributed by atoms with Gasteiger partial charge in [-0.2, -0.15) is 0 Å². The lowest BCUT2D eigenvalue weighted by Gasteiger charge is -2.08. The van der Waals surface area contributed by atoms with Crippen LogP contribution in [-0.4, -0.2) is 30.1 Å². The van der Waals surface area contributed by atoms with Crippen LogP contribution in [0.15, 0.2) is 54.6 Å². The van der Waals surface area contributed by atoms with Crippen LogP contribution in [0.4, 0.5) is 0 Å². The SMILES string of the molecule is O=C(COc1cccc(C(=O)O)c1)NCCc1ccccc1. The van der Waals surface area contributed by atoms with E-state index < -0.39 is 5.97 Å². The first-order valence-electron chi connectivity index (χ1n) is 6.92. The highest BCUT2D eigenvalue weighted by atomic mass is 16.5. The highest BCUT2D eigenvalue weighted by Crippen LogP contribution is 2.13. The van der Waals surface area contributed by atoms with Gasteiger partial charge in [-0.25, -0.2) is 4.79 Å². The molecule has 2 N–H and O–H groups in total. The number of rotatable bonds is 7. The molecule has 2 rings (SSSR count). The molecule has 0 heterocycles. The summed E-state index contributed by atoms with van der Waals surface area (Å²) in [7, 11) is 0. The average molecular weight is 299 g/mol. The first-order valence-corrected chi connectivity index (χ1v) is 6.92. The summed E-state index contributed by atoms with van der Waals surface area (Å²) in [4.78, 5) is 22.5. The minimum absolute atomic E-state index is 0.127. The van der Waals surface area contributed by atoms with Gasteiger partial charge in [0, 0.05) is 6.54 Å². The number of aromatic carboxylic acids is 1. The van der Waals surface area contributed by atoms with Crippen LogP contribution in [-0.2, 0) is 11.2 Å². The van der Waals surface area contributed by atoms with E-state index in [0.29, 0.717) is 12.3 Å². The summed E-state index contributed by atoms with van der Waals surface area (Å²) < 4.78 is 5.29. The molecular formula is C17H17NO4. The minimum Gasteiger partial charge on any atom is -0.484 e. The third-order valence-electron chi connectivity index (χ3n) is 3.03. The van der Waals surface area contributed by atoms with E-state index in [9.17, 15) is 9.59 Å². The van der Waals surface area contributed by atoms with E-state index in [1.807, 2.05) is 30.3 Å². The van der Waals surface area contributed by atoms with Gasteiger partial charge in [0.1, 0.15) is 5.75 Å². The number of carbonyl (C=O) groups excluding carboxylic acids is 1. The molecule has 114 valence electrons. The molecule has 0 spiro atoms. The monoisotopic (exact) mass is 299 g/mol. The Bertz CT molecular complexity index is 640. The van der Waals surface area contributed by atoms with Crippen molar-refractivity contribution in [3.05, 3.63) is 65.7 Å². The van der Waals surface area contributed by atoms with Crippen molar-refractivity contribution in [3.8, 4) is 5.75 Å². The van der Waals surface area contributed by atoms with Gasteiger partial charge in [0.05, 0.1) is 5.56 Å². The molecule has 0 radical (unpaired) electrons. The largest absolute Gasteiger partial charge is 0.484 e. The van der Waals surface area contributed by atoms with Crippen molar-refractivity contribution in [3.63, 3.8) is 0 Å². The van der Waals surface area contributed by atoms with Crippen LogP contribution < -0.4 is 10.1 Å². The fraction of sp³-hybridized carbons (Fsp3) is 0.176. The van der Waals surface area contributed by atoms with Gasteiger partial charge in [0.15, 0.2) is 6.61 Å². The third kappa shape index (κ3) is 4.94. The summed E-state index contributed by atoms with van der Waals surface area (Å²) in [5.41, 5.74) is 1.28. The van der Waals surface area contributed by atoms with Gasteiger partial charge in [-0.15, -0.1) is 0 Å². The number of carbonyl (C=O) groups is 2. The molecule has 22 heavy (non-hydrogen) atoms. The van der Waals surface area contributed by atoms with Crippen molar-refractivity contribution in [2.45, 2.75) is 6.42 Å². The standard InChI is InChI=1S/C17H17NO4/c19-16(18-10-9-13-5-2-1-3-6-13)12-22-15-8-4-7-14(11-15)17(20)21/h1-8,11H,9-10,12H2,(H,18,19)(H,20,21). The zero-order chi connectivity index (χ0) is 15.8. The number of carboxylic acid groups (broad SMARTS) is 1. The molecule has 0 unspecified atom stereocenters. The molecule has 5 heteroatoms. The molecule has 0 atom stereocenters. The lowest BCUT2D eigenvalue weighted by atomic mass is 10.1. The maximum atomic E-state index is 11.7. The number of carboxylic acids is 1. The number of amides is 1. The van der Waals surface area contributed by atoms with Gasteiger partial charge in [0.25, 0.3) is 5.91 Å². The highest BCUT2D eigenvalue weighted by molar-refractivity contribution is 5.88. The predicted octanol–water partition coefficient (Wildman–Crippen LogP) is 2.12. The third-order valence-corrected chi connectivity index (χ3v) is 3.03. The Hall–Kier alpha value is -2.82. The Kier molecular flexibility index (Phi) is 5.54. The summed E-state index contributed by atoms with van der Waals surface area (Å²) in [5.74, 6) is -0.910. The molecule has 1 amide bonds. The van der Waals surface area contributed by atoms with E-state index >= 15 is 0 Å². The fourth-order valence-electron chi connectivity index (χ4n) is 1.91. The molecular weight excluding hydrogens is 282 g/mol. The van der Waals surface area contributed by atoms with E-state index in [4.69, 9.17) is 9.84 Å². The molecule has 5 nitrogen and oxygen atoms in total. The van der Waals surface area contributed by atoms with Crippen LogP contribution in [0.25, 0.3) is 0 Å². The van der Waals surface area contributed by atoms with Crippen molar-refractivity contribution < 1.29 is 19.4 Å². The zero-order valence-electron chi connectivity index (χ0n) is 12.0. The fourth-order valence-corrected chi connectivity index (χ4v) is 1.91. The van der Waals surface area contributed by atoms with Crippen molar-refractivity contribution in [2.24, 2.45) is 0 Å². The Balaban J connectivity index is 1.73. The molecule has 0 saturated carbocycles. The number of hydrogen-bond donors (Lipinski definition) is 2. The summed E-state index contributed by atoms with van der Waals surface area (Å²) in [6, 6.07) is 15.9. The minimum atomic E-state index is -1.03. The summed E-state index contributed by atoms with van der Waals surface area (Å²) in [6.45, 7) is 0.388. The van der Waals surface area contributed by atoms with E-state index in [0.717, 1.165) is 12.0 Å². The average Bonchev–Trinajstić information content (AvgIpc) is 2.54. The van der Waals surface area contributed by atoms with Gasteiger partial charge in [0.2, 0.25) is 0 Å². The molecule has 0 saturated heterocycles. The topological polar surface area (TPSA) is 75.6 Å². The smallest absolute Gasteiger partial charge is 0.335 e. The number of hydrogen-bond acceptors (Lipinski definition) is 3. The van der Waals surface area contributed by atoms with Crippen molar-refractivity contribution in [1.29, 1.82) is 0 Å². The second kappa shape index (κ2) is 7.83. The molecule has 0 aliphatic rings. The normalized spacial score (nSPS) is 10.0. The van der Waals surface area contributed by atoms with Crippen molar-refractivity contribution >= 4 is 11.9 Å². The van der Waals surface area contributed by atoms with E-state index in [-0.39, 0.29) is 18.1 Å². The number of benzene rings is 2. The lowest BCUT2D eigenvalue weighted by Crippen LogP contribution is -2.30. The second-order valence-corrected chi connectivity index (χ2v) is 4.71. The van der Waals surface area contributed by atoms with E-state index in [1.54, 1.807) is 12.1 Å². The quantitative estimate of drug-likeness (QED) is 0.821. The lowest BCUT2D eigenvalue weighted by molar-refractivity contribution is -0.123. The van der Waals surface area contributed by atoms with Gasteiger partial charge >= 0.3 is 5.97 Å². The Morgan fingerprint density at radius 3 is 2.55 bits per heavy atom. The summed E-state index contributed by atoms with van der Waals surface area (Å²) in [5, 5.41) is 11.6. The molecule has 0 aliphatic carbocycles. The number of nitrogens with one attached hydrogen (secondary N) is 1. The van der Waals surface area contributed by atoms with Crippen LogP contribution >= 0.6 is 0 Å². The number of ether oxygens (including phenoxy) is 1. The molecule has 2 aromatic carbocycles. The second-order valence-electron chi connectivity index (χ2n) is 4.71. The van der Waals surface area contributed by atoms with Crippen LogP contribution in [0, 0.1) is 0 Å². The van der Waals surface area contributed by atoms with Crippen molar-refractivity contribution in [1.82, 2.24) is 5.32 Å². The molecule has 0 bridgehead atoms. The Labute approximate surface area is 128 Å². The zero-order valence-corrected chi connectivity index (χ0v) is 12.0. The van der Waals surface area contributed by atoms with E-state index in [1.165, 1.54) is 12.1 Å². The Morgan fingerprint density at radius 1 is 1.05 bits per heavy atom. The summed E-state index contributed by atoms with van der Waals surface area (Å²) >= 11 is 0. The van der Waals surface area contributed by atoms with E-state index in [2.05, 4.69) is 5.32 Å². The maximum Gasteiger partial charge on any atom is 0.335 e. The first-order chi connectivity index (χ1) is 10.6. The van der Waals surface area contributed by atoms with Gasteiger partial charge < -0.3 is 15.2 Å². The van der Waals surface area contributed by atoms with Crippen LogP contribution in [0.1, 0.15) is 15.9 Å². The summed E-state index contributed by atoms with van der Waals surface area (Å²) in [6.07, 6.45) is 0.751. The molecule has 0 fully saturated rings. The molecule has 2 aromatic rings. The van der Waals surface area contributed by atoms with Crippen molar-refractivity contribution in [2.75, 3.05) is 13.2 Å². The van der Waals surface area contributed by atoms with Gasteiger partial charge in [-0.1, -0.05) is 36.4 Å². The predicted molar refractivity (Wildman–Crippen MR) is 82.1 cm³/mol. The van der Waals surface area contributed by atoms with Crippen LogP contribution in [0.3, 0.4) is 0 Å². The molecule has 0 aliphatic heterocycles. The Morgan fingerprint density at radius 2 is 1.82 bits per heavy atom. The maximum absolute atomic E-state index is 11.7. The van der Waals surface area contributed by atoms with Gasteiger partial charge in [-0.3, -0.25) is 4.79 Å².